The molecule has 0 atom stereocenters. The van der Waals surface area contributed by atoms with E-state index in [4.69, 9.17) is 0 Å². The summed E-state index contributed by atoms with van der Waals surface area (Å²) < 4.78 is 0. The standard InChI is InChI=1S/C20H28N2O/c1-17-6-5-9-19(16-17)20(23)22-14-12-21(13-15-22)11-10-18-7-3-2-4-8-18/h5-7,9,16H,2-4,8,10-15H2,1H3. The van der Waals surface area contributed by atoms with E-state index in [9.17, 15) is 4.79 Å². The number of amides is 1. The molecule has 0 unspecified atom stereocenters. The number of carbonyl (C=O) groups excluding carboxylic acids is 1. The van der Waals surface area contributed by atoms with Crippen molar-refractivity contribution in [1.29, 1.82) is 0 Å². The zero-order chi connectivity index (χ0) is 16.1. The van der Waals surface area contributed by atoms with Crippen molar-refractivity contribution < 1.29 is 4.79 Å². The number of hydrogen-bond acceptors (Lipinski definition) is 2. The third kappa shape index (κ3) is 4.44. The summed E-state index contributed by atoms with van der Waals surface area (Å²) in [4.78, 5) is 17.1. The number of rotatable bonds is 4. The number of nitrogens with zero attached hydrogens (tertiary/aromatic N) is 2. The fourth-order valence-electron chi connectivity index (χ4n) is 3.57. The summed E-state index contributed by atoms with van der Waals surface area (Å²) in [6.07, 6.45) is 8.96. The van der Waals surface area contributed by atoms with E-state index in [1.807, 2.05) is 36.1 Å². The van der Waals surface area contributed by atoms with Crippen molar-refractivity contribution in [1.82, 2.24) is 9.80 Å². The minimum atomic E-state index is 0.184. The molecule has 3 rings (SSSR count). The Morgan fingerprint density at radius 1 is 1.13 bits per heavy atom. The largest absolute Gasteiger partial charge is 0.336 e. The Bertz CT molecular complexity index is 571. The first kappa shape index (κ1) is 16.3. The van der Waals surface area contributed by atoms with E-state index in [2.05, 4.69) is 11.0 Å². The average molecular weight is 312 g/mol. The van der Waals surface area contributed by atoms with E-state index in [-0.39, 0.29) is 5.91 Å². The molecule has 0 N–H and O–H groups in total. The number of carbonyl (C=O) groups is 1. The van der Waals surface area contributed by atoms with Crippen LogP contribution in [0.4, 0.5) is 0 Å². The van der Waals surface area contributed by atoms with Crippen LogP contribution < -0.4 is 0 Å². The number of hydrogen-bond donors (Lipinski definition) is 0. The lowest BCUT2D eigenvalue weighted by molar-refractivity contribution is 0.0638. The molecular weight excluding hydrogens is 284 g/mol. The lowest BCUT2D eigenvalue weighted by Gasteiger charge is -2.35. The second-order valence-corrected chi connectivity index (χ2v) is 6.86. The minimum absolute atomic E-state index is 0.184. The van der Waals surface area contributed by atoms with Gasteiger partial charge in [-0.15, -0.1) is 0 Å². The Labute approximate surface area is 140 Å². The molecule has 1 amide bonds. The number of benzene rings is 1. The Hall–Kier alpha value is -1.61. The van der Waals surface area contributed by atoms with Gasteiger partial charge in [0.2, 0.25) is 0 Å². The molecule has 1 heterocycles. The van der Waals surface area contributed by atoms with Crippen LogP contribution >= 0.6 is 0 Å². The molecule has 3 nitrogen and oxygen atoms in total. The maximum Gasteiger partial charge on any atom is 0.253 e. The Morgan fingerprint density at radius 2 is 1.96 bits per heavy atom. The van der Waals surface area contributed by atoms with Gasteiger partial charge in [0, 0.05) is 38.3 Å². The van der Waals surface area contributed by atoms with Crippen molar-refractivity contribution in [2.24, 2.45) is 0 Å². The molecule has 1 aliphatic heterocycles. The summed E-state index contributed by atoms with van der Waals surface area (Å²) in [6, 6.07) is 7.92. The molecule has 1 saturated heterocycles. The van der Waals surface area contributed by atoms with Gasteiger partial charge in [-0.3, -0.25) is 9.69 Å². The molecule has 1 aromatic rings. The SMILES string of the molecule is Cc1cccc(C(=O)N2CCN(CCC3=CCCCC3)CC2)c1. The third-order valence-electron chi connectivity index (χ3n) is 5.06. The van der Waals surface area contributed by atoms with Crippen LogP contribution in [-0.2, 0) is 0 Å². The molecule has 0 bridgehead atoms. The van der Waals surface area contributed by atoms with Crippen molar-refractivity contribution >= 4 is 5.91 Å². The average Bonchev–Trinajstić information content (AvgIpc) is 2.61. The highest BCUT2D eigenvalue weighted by Gasteiger charge is 2.22. The summed E-state index contributed by atoms with van der Waals surface area (Å²) in [5.41, 5.74) is 3.62. The van der Waals surface area contributed by atoms with Crippen LogP contribution in [0.5, 0.6) is 0 Å². The summed E-state index contributed by atoms with van der Waals surface area (Å²) in [5, 5.41) is 0. The summed E-state index contributed by atoms with van der Waals surface area (Å²) >= 11 is 0. The highest BCUT2D eigenvalue weighted by atomic mass is 16.2. The minimum Gasteiger partial charge on any atom is -0.336 e. The zero-order valence-electron chi connectivity index (χ0n) is 14.3. The number of piperazine rings is 1. The van der Waals surface area contributed by atoms with E-state index >= 15 is 0 Å². The van der Waals surface area contributed by atoms with Gasteiger partial charge in [0.25, 0.3) is 5.91 Å². The van der Waals surface area contributed by atoms with E-state index in [0.717, 1.165) is 43.9 Å². The molecule has 23 heavy (non-hydrogen) atoms. The number of allylic oxidation sites excluding steroid dienone is 1. The van der Waals surface area contributed by atoms with Crippen molar-refractivity contribution in [2.45, 2.75) is 39.0 Å². The first-order valence-electron chi connectivity index (χ1n) is 8.98. The molecule has 124 valence electrons. The van der Waals surface area contributed by atoms with Gasteiger partial charge >= 0.3 is 0 Å². The fourth-order valence-corrected chi connectivity index (χ4v) is 3.57. The predicted octanol–water partition coefficient (Wildman–Crippen LogP) is 3.64. The van der Waals surface area contributed by atoms with Crippen LogP contribution in [0.2, 0.25) is 0 Å². The Balaban J connectivity index is 1.46. The first-order valence-corrected chi connectivity index (χ1v) is 8.98. The first-order chi connectivity index (χ1) is 11.2. The van der Waals surface area contributed by atoms with Crippen molar-refractivity contribution in [3.05, 3.63) is 47.0 Å². The van der Waals surface area contributed by atoms with E-state index < -0.39 is 0 Å². The summed E-state index contributed by atoms with van der Waals surface area (Å²) in [5.74, 6) is 0.184. The van der Waals surface area contributed by atoms with Crippen molar-refractivity contribution in [3.8, 4) is 0 Å². The maximum absolute atomic E-state index is 12.6. The topological polar surface area (TPSA) is 23.6 Å². The highest BCUT2D eigenvalue weighted by Crippen LogP contribution is 2.20. The zero-order valence-corrected chi connectivity index (χ0v) is 14.3. The van der Waals surface area contributed by atoms with Crippen molar-refractivity contribution in [3.63, 3.8) is 0 Å². The molecule has 1 fully saturated rings. The maximum atomic E-state index is 12.6. The molecule has 3 heteroatoms. The smallest absolute Gasteiger partial charge is 0.253 e. The Kier molecular flexibility index (Phi) is 5.50. The monoisotopic (exact) mass is 312 g/mol. The number of aryl methyl sites for hydroxylation is 1. The van der Waals surface area contributed by atoms with Crippen LogP contribution in [-0.4, -0.2) is 48.4 Å². The third-order valence-corrected chi connectivity index (χ3v) is 5.06. The molecule has 1 aromatic carbocycles. The van der Waals surface area contributed by atoms with Gasteiger partial charge in [0.15, 0.2) is 0 Å². The van der Waals surface area contributed by atoms with E-state index in [0.29, 0.717) is 0 Å². The fraction of sp³-hybridized carbons (Fsp3) is 0.550. The lowest BCUT2D eigenvalue weighted by atomic mass is 9.97. The molecule has 0 radical (unpaired) electrons. The van der Waals surface area contributed by atoms with Gasteiger partial charge in [-0.1, -0.05) is 29.3 Å². The van der Waals surface area contributed by atoms with Gasteiger partial charge in [0.1, 0.15) is 0 Å². The van der Waals surface area contributed by atoms with Gasteiger partial charge in [-0.25, -0.2) is 0 Å². The second kappa shape index (κ2) is 7.78. The molecule has 0 saturated carbocycles. The summed E-state index contributed by atoms with van der Waals surface area (Å²) in [6.45, 7) is 6.90. The normalized spacial score (nSPS) is 19.5. The quantitative estimate of drug-likeness (QED) is 0.792. The molecule has 2 aliphatic rings. The van der Waals surface area contributed by atoms with Gasteiger partial charge < -0.3 is 4.90 Å². The van der Waals surface area contributed by atoms with E-state index in [1.165, 1.54) is 32.1 Å². The van der Waals surface area contributed by atoms with Crippen LogP contribution in [0.25, 0.3) is 0 Å². The van der Waals surface area contributed by atoms with Crippen LogP contribution in [0.1, 0.15) is 48.0 Å². The molecular formula is C20H28N2O. The lowest BCUT2D eigenvalue weighted by Crippen LogP contribution is -2.48. The van der Waals surface area contributed by atoms with Crippen LogP contribution in [0.3, 0.4) is 0 Å². The highest BCUT2D eigenvalue weighted by molar-refractivity contribution is 5.94. The van der Waals surface area contributed by atoms with Gasteiger partial charge in [-0.05, 0) is 51.2 Å². The van der Waals surface area contributed by atoms with Crippen LogP contribution in [0, 0.1) is 6.92 Å². The van der Waals surface area contributed by atoms with Gasteiger partial charge in [-0.2, -0.15) is 0 Å². The molecule has 0 aromatic heterocycles. The van der Waals surface area contributed by atoms with Crippen LogP contribution in [0.15, 0.2) is 35.9 Å². The predicted molar refractivity (Wildman–Crippen MR) is 94.7 cm³/mol. The van der Waals surface area contributed by atoms with Crippen molar-refractivity contribution in [2.75, 3.05) is 32.7 Å². The van der Waals surface area contributed by atoms with E-state index in [1.54, 1.807) is 5.57 Å². The molecule has 0 spiro atoms. The summed E-state index contributed by atoms with van der Waals surface area (Å²) in [7, 11) is 0. The Morgan fingerprint density at radius 3 is 2.65 bits per heavy atom. The molecule has 1 aliphatic carbocycles. The van der Waals surface area contributed by atoms with Gasteiger partial charge in [0.05, 0.1) is 0 Å². The second-order valence-electron chi connectivity index (χ2n) is 6.86.